The lowest BCUT2D eigenvalue weighted by molar-refractivity contribution is -0.870. The van der Waals surface area contributed by atoms with Crippen molar-refractivity contribution in [1.29, 1.82) is 0 Å². The number of likely N-dealkylation sites (N-methyl/N-ethyl adjacent to an activating group) is 1. The van der Waals surface area contributed by atoms with E-state index in [-0.39, 0.29) is 12.5 Å². The van der Waals surface area contributed by atoms with Crippen molar-refractivity contribution in [3.63, 3.8) is 0 Å². The van der Waals surface area contributed by atoms with Crippen molar-refractivity contribution in [3.05, 3.63) is 24.3 Å². The molecular formula is C27H53N2O6P. The second-order valence-corrected chi connectivity index (χ2v) is 11.8. The van der Waals surface area contributed by atoms with E-state index in [9.17, 15) is 19.4 Å². The Morgan fingerprint density at radius 1 is 0.944 bits per heavy atom. The second-order valence-electron chi connectivity index (χ2n) is 10.4. The van der Waals surface area contributed by atoms with Crippen LogP contribution in [0.25, 0.3) is 0 Å². The Morgan fingerprint density at radius 3 is 2.22 bits per heavy atom. The summed E-state index contributed by atoms with van der Waals surface area (Å²) in [5.41, 5.74) is 0. The number of allylic oxidation sites excluding steroid dienone is 3. The fraction of sp³-hybridized carbons (Fsp3) is 0.815. The van der Waals surface area contributed by atoms with Crippen LogP contribution in [-0.4, -0.2) is 68.5 Å². The molecule has 0 bridgehead atoms. The van der Waals surface area contributed by atoms with Gasteiger partial charge in [-0.3, -0.25) is 9.36 Å². The lowest BCUT2D eigenvalue weighted by Crippen LogP contribution is -2.45. The van der Waals surface area contributed by atoms with Gasteiger partial charge in [-0.25, -0.2) is 0 Å². The minimum absolute atomic E-state index is 0.00638. The zero-order chi connectivity index (χ0) is 27.3. The molecule has 3 unspecified atom stereocenters. The number of aliphatic hydroxyl groups excluding tert-OH is 1. The molecule has 0 aliphatic carbocycles. The maximum Gasteiger partial charge on any atom is 0.268 e. The molecule has 2 N–H and O–H groups in total. The largest absolute Gasteiger partial charge is 0.756 e. The van der Waals surface area contributed by atoms with Crippen LogP contribution in [0.5, 0.6) is 0 Å². The first kappa shape index (κ1) is 35.0. The highest BCUT2D eigenvalue weighted by molar-refractivity contribution is 7.45. The fourth-order valence-electron chi connectivity index (χ4n) is 3.33. The van der Waals surface area contributed by atoms with Crippen LogP contribution in [0.2, 0.25) is 0 Å². The molecule has 8 nitrogen and oxygen atoms in total. The van der Waals surface area contributed by atoms with Crippen molar-refractivity contribution in [3.8, 4) is 0 Å². The standard InChI is InChI=1S/C27H53N2O6P/c1-6-8-10-12-14-15-16-18-20-26(30)25(28-27(31)21-19-17-13-11-9-7-2)24-35-36(32,33)34-23-22-29(3,4)5/h12,14,18,20,25-26,30H,6-11,13,15-17,19,21-24H2,1-5H3,(H-,28,31,32,33)/b14-12+,20-18+. The zero-order valence-electron chi connectivity index (χ0n) is 23.5. The van der Waals surface area contributed by atoms with E-state index in [2.05, 4.69) is 31.3 Å². The summed E-state index contributed by atoms with van der Waals surface area (Å²) < 4.78 is 22.7. The molecule has 0 heterocycles. The molecular weight excluding hydrogens is 479 g/mol. The molecule has 0 aliphatic heterocycles. The van der Waals surface area contributed by atoms with E-state index in [1.807, 2.05) is 27.2 Å². The predicted molar refractivity (Wildman–Crippen MR) is 145 cm³/mol. The summed E-state index contributed by atoms with van der Waals surface area (Å²) in [4.78, 5) is 24.7. The average molecular weight is 533 g/mol. The molecule has 0 spiro atoms. The van der Waals surface area contributed by atoms with Gasteiger partial charge in [-0.2, -0.15) is 0 Å². The summed E-state index contributed by atoms with van der Waals surface area (Å²) in [5, 5.41) is 13.4. The Bertz CT molecular complexity index is 663. The molecule has 0 fully saturated rings. The number of phosphoric acid groups is 1. The van der Waals surface area contributed by atoms with Gasteiger partial charge in [0.2, 0.25) is 5.91 Å². The van der Waals surface area contributed by atoms with Crippen LogP contribution in [-0.2, 0) is 18.4 Å². The van der Waals surface area contributed by atoms with E-state index in [0.717, 1.165) is 38.5 Å². The molecule has 0 aliphatic rings. The van der Waals surface area contributed by atoms with Crippen LogP contribution in [0, 0.1) is 0 Å². The van der Waals surface area contributed by atoms with E-state index < -0.39 is 26.6 Å². The maximum atomic E-state index is 12.5. The second kappa shape index (κ2) is 21.0. The maximum absolute atomic E-state index is 12.5. The normalized spacial score (nSPS) is 15.9. The Kier molecular flexibility index (Phi) is 20.4. The number of hydrogen-bond donors (Lipinski definition) is 2. The van der Waals surface area contributed by atoms with Crippen molar-refractivity contribution in [2.75, 3.05) is 40.9 Å². The van der Waals surface area contributed by atoms with Gasteiger partial charge in [0, 0.05) is 6.42 Å². The SMILES string of the molecule is CCCC/C=C/CC/C=C/C(O)C(COP(=O)([O-])OCC[N+](C)(C)C)NC(=O)CCCCCCCC. The van der Waals surface area contributed by atoms with Crippen LogP contribution >= 0.6 is 7.82 Å². The number of carbonyl (C=O) groups is 1. The van der Waals surface area contributed by atoms with Crippen molar-refractivity contribution < 1.29 is 32.9 Å². The van der Waals surface area contributed by atoms with E-state index in [4.69, 9.17) is 9.05 Å². The average Bonchev–Trinajstić information content (AvgIpc) is 2.79. The van der Waals surface area contributed by atoms with Gasteiger partial charge in [-0.1, -0.05) is 83.1 Å². The molecule has 0 rings (SSSR count). The quantitative estimate of drug-likeness (QED) is 0.0841. The lowest BCUT2D eigenvalue weighted by Gasteiger charge is -2.29. The third kappa shape index (κ3) is 22.2. The third-order valence-electron chi connectivity index (χ3n) is 5.66. The third-order valence-corrected chi connectivity index (χ3v) is 6.63. The molecule has 36 heavy (non-hydrogen) atoms. The first-order valence-corrected chi connectivity index (χ1v) is 15.2. The van der Waals surface area contributed by atoms with Crippen LogP contribution < -0.4 is 10.2 Å². The van der Waals surface area contributed by atoms with E-state index in [1.54, 1.807) is 6.08 Å². The van der Waals surface area contributed by atoms with E-state index >= 15 is 0 Å². The van der Waals surface area contributed by atoms with E-state index in [0.29, 0.717) is 17.4 Å². The summed E-state index contributed by atoms with van der Waals surface area (Å²) in [6.07, 6.45) is 18.3. The predicted octanol–water partition coefficient (Wildman–Crippen LogP) is 4.87. The highest BCUT2D eigenvalue weighted by atomic mass is 31.2. The summed E-state index contributed by atoms with van der Waals surface area (Å²) in [6, 6.07) is -0.891. The number of nitrogens with zero attached hydrogens (tertiary/aromatic N) is 1. The molecule has 212 valence electrons. The smallest absolute Gasteiger partial charge is 0.268 e. The monoisotopic (exact) mass is 532 g/mol. The number of amides is 1. The fourth-order valence-corrected chi connectivity index (χ4v) is 4.05. The van der Waals surface area contributed by atoms with Crippen molar-refractivity contribution in [2.45, 2.75) is 103 Å². The molecule has 0 aromatic carbocycles. The molecule has 1 amide bonds. The number of quaternary nitrogens is 1. The van der Waals surface area contributed by atoms with Crippen LogP contribution in [0.3, 0.4) is 0 Å². The molecule has 0 saturated carbocycles. The summed E-state index contributed by atoms with van der Waals surface area (Å²) >= 11 is 0. The molecule has 0 aromatic heterocycles. The highest BCUT2D eigenvalue weighted by Crippen LogP contribution is 2.38. The topological polar surface area (TPSA) is 108 Å². The van der Waals surface area contributed by atoms with Gasteiger partial charge in [-0.15, -0.1) is 0 Å². The number of carbonyl (C=O) groups excluding carboxylic acids is 1. The Morgan fingerprint density at radius 2 is 1.56 bits per heavy atom. The number of unbranched alkanes of at least 4 members (excludes halogenated alkanes) is 8. The van der Waals surface area contributed by atoms with Gasteiger partial charge in [-0.05, 0) is 25.7 Å². The zero-order valence-corrected chi connectivity index (χ0v) is 24.3. The molecule has 0 radical (unpaired) electrons. The number of nitrogens with one attached hydrogen (secondary N) is 1. The first-order chi connectivity index (χ1) is 17.0. The van der Waals surface area contributed by atoms with Gasteiger partial charge >= 0.3 is 0 Å². The van der Waals surface area contributed by atoms with Crippen LogP contribution in [0.1, 0.15) is 90.9 Å². The van der Waals surface area contributed by atoms with Crippen molar-refractivity contribution >= 4 is 13.7 Å². The first-order valence-electron chi connectivity index (χ1n) is 13.7. The summed E-state index contributed by atoms with van der Waals surface area (Å²) in [5.74, 6) is -0.225. The Labute approximate surface area is 220 Å². The van der Waals surface area contributed by atoms with Gasteiger partial charge in [0.05, 0.1) is 39.9 Å². The molecule has 3 atom stereocenters. The number of hydrogen-bond acceptors (Lipinski definition) is 6. The van der Waals surface area contributed by atoms with E-state index in [1.165, 1.54) is 32.1 Å². The lowest BCUT2D eigenvalue weighted by atomic mass is 10.1. The van der Waals surface area contributed by atoms with Gasteiger partial charge in [0.25, 0.3) is 7.82 Å². The molecule has 0 saturated heterocycles. The number of rotatable bonds is 23. The van der Waals surface area contributed by atoms with Gasteiger partial charge in [0.15, 0.2) is 0 Å². The van der Waals surface area contributed by atoms with Crippen LogP contribution in [0.4, 0.5) is 0 Å². The van der Waals surface area contributed by atoms with Gasteiger partial charge in [0.1, 0.15) is 13.2 Å². The van der Waals surface area contributed by atoms with Crippen molar-refractivity contribution in [1.82, 2.24) is 5.32 Å². The van der Waals surface area contributed by atoms with Crippen LogP contribution in [0.15, 0.2) is 24.3 Å². The molecule has 9 heteroatoms. The number of phosphoric ester groups is 1. The number of aliphatic hydroxyl groups is 1. The molecule has 0 aromatic rings. The minimum Gasteiger partial charge on any atom is -0.756 e. The van der Waals surface area contributed by atoms with Gasteiger partial charge < -0.3 is 28.8 Å². The van der Waals surface area contributed by atoms with Crippen molar-refractivity contribution in [2.24, 2.45) is 0 Å². The Hall–Kier alpha value is -1.02. The minimum atomic E-state index is -4.56. The highest BCUT2D eigenvalue weighted by Gasteiger charge is 2.23. The summed E-state index contributed by atoms with van der Waals surface area (Å²) in [6.45, 7) is 4.42. The summed E-state index contributed by atoms with van der Waals surface area (Å²) in [7, 11) is 1.23. The Balaban J connectivity index is 4.81.